The normalized spacial score (nSPS) is 12.5. The number of carboxylic acids is 1. The molecule has 1 aromatic carbocycles. The van der Waals surface area contributed by atoms with E-state index in [9.17, 15) is 20.0 Å². The summed E-state index contributed by atoms with van der Waals surface area (Å²) in [4.78, 5) is 26.6. The van der Waals surface area contributed by atoms with Gasteiger partial charge < -0.3 is 5.11 Å². The van der Waals surface area contributed by atoms with Crippen molar-refractivity contribution >= 4 is 34.3 Å². The predicted molar refractivity (Wildman–Crippen MR) is 80.5 cm³/mol. The molecule has 0 bridgehead atoms. The van der Waals surface area contributed by atoms with Gasteiger partial charge in [0.2, 0.25) is 0 Å². The number of benzene rings is 1. The van der Waals surface area contributed by atoms with E-state index in [1.165, 1.54) is 24.0 Å². The molecule has 0 radical (unpaired) electrons. The van der Waals surface area contributed by atoms with Crippen molar-refractivity contribution in [2.45, 2.75) is 24.0 Å². The van der Waals surface area contributed by atoms with Crippen LogP contribution in [0.2, 0.25) is 0 Å². The molecule has 1 unspecified atom stereocenters. The zero-order valence-electron chi connectivity index (χ0n) is 11.5. The molecule has 0 saturated carbocycles. The molecule has 0 aliphatic heterocycles. The summed E-state index contributed by atoms with van der Waals surface area (Å²) < 4.78 is 0. The highest BCUT2D eigenvalue weighted by Crippen LogP contribution is 2.36. The van der Waals surface area contributed by atoms with Gasteiger partial charge in [-0.05, 0) is 24.1 Å². The van der Waals surface area contributed by atoms with Gasteiger partial charge in [0, 0.05) is 22.5 Å². The third-order valence-electron chi connectivity index (χ3n) is 3.01. The van der Waals surface area contributed by atoms with Gasteiger partial charge in [-0.2, -0.15) is 0 Å². The zero-order valence-corrected chi connectivity index (χ0v) is 12.3. The number of thioether (sulfide) groups is 1. The lowest BCUT2D eigenvalue weighted by molar-refractivity contribution is -0.383. The van der Waals surface area contributed by atoms with Gasteiger partial charge >= 0.3 is 5.97 Å². The number of hydrogen-bond acceptors (Lipinski definition) is 5. The number of nitro benzene ring substituents is 1. The van der Waals surface area contributed by atoms with Crippen LogP contribution in [0.4, 0.5) is 5.69 Å². The molecule has 21 heavy (non-hydrogen) atoms. The number of non-ortho nitro benzene ring substituents is 1. The second kappa shape index (κ2) is 6.09. The Bertz CT molecular complexity index is 702. The van der Waals surface area contributed by atoms with Crippen molar-refractivity contribution < 1.29 is 14.8 Å². The summed E-state index contributed by atoms with van der Waals surface area (Å²) in [5, 5.41) is 20.3. The van der Waals surface area contributed by atoms with E-state index >= 15 is 0 Å². The number of nitro groups is 1. The Morgan fingerprint density at radius 1 is 1.38 bits per heavy atom. The lowest BCUT2D eigenvalue weighted by Crippen LogP contribution is -2.22. The van der Waals surface area contributed by atoms with Crippen molar-refractivity contribution in [3.8, 4) is 0 Å². The molecule has 0 spiro atoms. The minimum Gasteiger partial charge on any atom is -0.480 e. The van der Waals surface area contributed by atoms with E-state index in [1.54, 1.807) is 18.2 Å². The Labute approximate surface area is 125 Å². The van der Waals surface area contributed by atoms with Gasteiger partial charge in [-0.25, -0.2) is 4.98 Å². The van der Waals surface area contributed by atoms with Gasteiger partial charge in [-0.1, -0.05) is 13.8 Å². The second-order valence-electron chi connectivity index (χ2n) is 4.86. The molecule has 0 aliphatic carbocycles. The van der Waals surface area contributed by atoms with Crippen LogP contribution in [0.25, 0.3) is 10.9 Å². The lowest BCUT2D eigenvalue weighted by atomic mass is 10.1. The maximum absolute atomic E-state index is 11.3. The smallest absolute Gasteiger partial charge is 0.317 e. The molecule has 0 aliphatic rings. The Kier molecular flexibility index (Phi) is 4.42. The maximum Gasteiger partial charge on any atom is 0.317 e. The Morgan fingerprint density at radius 3 is 2.67 bits per heavy atom. The fraction of sp³-hybridized carbons (Fsp3) is 0.286. The van der Waals surface area contributed by atoms with Crippen LogP contribution in [0.3, 0.4) is 0 Å². The van der Waals surface area contributed by atoms with Crippen LogP contribution in [0.15, 0.2) is 35.4 Å². The first-order chi connectivity index (χ1) is 9.91. The minimum atomic E-state index is -0.898. The molecule has 110 valence electrons. The molecule has 1 atom stereocenters. The van der Waals surface area contributed by atoms with Crippen LogP contribution in [0.1, 0.15) is 13.8 Å². The molecule has 7 heteroatoms. The van der Waals surface area contributed by atoms with E-state index in [0.717, 1.165) is 0 Å². The third kappa shape index (κ3) is 3.13. The molecule has 1 N–H and O–H groups in total. The van der Waals surface area contributed by atoms with Crippen LogP contribution in [0.5, 0.6) is 0 Å². The predicted octanol–water partition coefficient (Wildman–Crippen LogP) is 3.34. The molecular formula is C14H14N2O4S. The number of pyridine rings is 1. The molecule has 0 saturated heterocycles. The van der Waals surface area contributed by atoms with Crippen LogP contribution < -0.4 is 0 Å². The van der Waals surface area contributed by atoms with Gasteiger partial charge in [0.05, 0.1) is 4.92 Å². The van der Waals surface area contributed by atoms with Gasteiger partial charge in [0.1, 0.15) is 10.8 Å². The molecule has 2 rings (SSSR count). The standard InChI is InChI=1S/C14H14N2O4S/c1-8(2)13(14(17)18)21-11-6-5-10(16(19)20)12-9(11)4-3-7-15-12/h3-8,13H,1-2H3,(H,17,18). The Hall–Kier alpha value is -2.15. The van der Waals surface area contributed by atoms with E-state index in [0.29, 0.717) is 10.3 Å². The first-order valence-corrected chi connectivity index (χ1v) is 7.21. The first-order valence-electron chi connectivity index (χ1n) is 6.33. The number of hydrogen-bond donors (Lipinski definition) is 1. The summed E-state index contributed by atoms with van der Waals surface area (Å²) in [6.07, 6.45) is 1.49. The largest absolute Gasteiger partial charge is 0.480 e. The lowest BCUT2D eigenvalue weighted by Gasteiger charge is -2.16. The number of carbonyl (C=O) groups is 1. The van der Waals surface area contributed by atoms with Crippen molar-refractivity contribution in [2.24, 2.45) is 5.92 Å². The van der Waals surface area contributed by atoms with Crippen molar-refractivity contribution in [3.63, 3.8) is 0 Å². The van der Waals surface area contributed by atoms with Gasteiger partial charge in [-0.3, -0.25) is 14.9 Å². The van der Waals surface area contributed by atoms with Crippen molar-refractivity contribution in [2.75, 3.05) is 0 Å². The zero-order chi connectivity index (χ0) is 15.6. The summed E-state index contributed by atoms with van der Waals surface area (Å²) in [6, 6.07) is 6.36. The second-order valence-corrected chi connectivity index (χ2v) is 6.04. The highest BCUT2D eigenvalue weighted by molar-refractivity contribution is 8.00. The summed E-state index contributed by atoms with van der Waals surface area (Å²) in [5.41, 5.74) is 0.201. The average Bonchev–Trinajstić information content (AvgIpc) is 2.43. The molecule has 0 amide bonds. The number of rotatable bonds is 5. The van der Waals surface area contributed by atoms with E-state index < -0.39 is 16.1 Å². The molecule has 0 fully saturated rings. The topological polar surface area (TPSA) is 93.3 Å². The number of aromatic nitrogens is 1. The third-order valence-corrected chi connectivity index (χ3v) is 4.62. The molecule has 1 aromatic heterocycles. The van der Waals surface area contributed by atoms with Crippen molar-refractivity contribution in [1.82, 2.24) is 4.98 Å². The van der Waals surface area contributed by atoms with Crippen LogP contribution in [0, 0.1) is 16.0 Å². The Morgan fingerprint density at radius 2 is 2.10 bits per heavy atom. The molecule has 6 nitrogen and oxygen atoms in total. The fourth-order valence-corrected chi connectivity index (χ4v) is 3.07. The SMILES string of the molecule is CC(C)C(Sc1ccc([N+](=O)[O-])c2ncccc12)C(=O)O. The van der Waals surface area contributed by atoms with Crippen molar-refractivity contribution in [1.29, 1.82) is 0 Å². The molecule has 2 aromatic rings. The fourth-order valence-electron chi connectivity index (χ4n) is 1.99. The maximum atomic E-state index is 11.3. The minimum absolute atomic E-state index is 0.0607. The highest BCUT2D eigenvalue weighted by Gasteiger charge is 2.25. The van der Waals surface area contributed by atoms with Crippen LogP contribution >= 0.6 is 11.8 Å². The van der Waals surface area contributed by atoms with Crippen molar-refractivity contribution in [3.05, 3.63) is 40.6 Å². The summed E-state index contributed by atoms with van der Waals surface area (Å²) in [7, 11) is 0. The average molecular weight is 306 g/mol. The summed E-state index contributed by atoms with van der Waals surface area (Å²) in [6.45, 7) is 3.66. The highest BCUT2D eigenvalue weighted by atomic mass is 32.2. The molecule has 1 heterocycles. The van der Waals surface area contributed by atoms with E-state index in [4.69, 9.17) is 0 Å². The van der Waals surface area contributed by atoms with E-state index in [1.807, 2.05) is 13.8 Å². The number of nitrogens with zero attached hydrogens (tertiary/aromatic N) is 2. The number of fused-ring (bicyclic) bond motifs is 1. The quantitative estimate of drug-likeness (QED) is 0.517. The van der Waals surface area contributed by atoms with Gasteiger partial charge in [0.15, 0.2) is 0 Å². The van der Waals surface area contributed by atoms with Crippen LogP contribution in [-0.2, 0) is 4.79 Å². The van der Waals surface area contributed by atoms with E-state index in [-0.39, 0.29) is 17.1 Å². The van der Waals surface area contributed by atoms with E-state index in [2.05, 4.69) is 4.98 Å². The monoisotopic (exact) mass is 306 g/mol. The summed E-state index contributed by atoms with van der Waals surface area (Å²) in [5.74, 6) is -0.959. The van der Waals surface area contributed by atoms with Gasteiger partial charge in [0.25, 0.3) is 5.69 Å². The molecular weight excluding hydrogens is 292 g/mol. The summed E-state index contributed by atoms with van der Waals surface area (Å²) >= 11 is 1.19. The van der Waals surface area contributed by atoms with Gasteiger partial charge in [-0.15, -0.1) is 11.8 Å². The number of aliphatic carboxylic acids is 1. The Balaban J connectivity index is 2.53. The van der Waals surface area contributed by atoms with Crippen LogP contribution in [-0.4, -0.2) is 26.2 Å². The number of carboxylic acid groups (broad SMARTS) is 1. The first kappa shape index (κ1) is 15.2.